The van der Waals surface area contributed by atoms with Gasteiger partial charge in [0.15, 0.2) is 5.69 Å². The first-order chi connectivity index (χ1) is 8.06. The third kappa shape index (κ3) is 3.30. The van der Waals surface area contributed by atoms with Crippen molar-refractivity contribution >= 4 is 17.9 Å². The van der Waals surface area contributed by atoms with Crippen molar-refractivity contribution in [2.45, 2.75) is 0 Å². The Labute approximate surface area is 98.1 Å². The zero-order chi connectivity index (χ0) is 12.8. The number of nitrogens with zero attached hydrogens (tertiary/aromatic N) is 2. The molecule has 0 atom stereocenters. The largest absolute Gasteiger partial charge is 0.477 e. The Morgan fingerprint density at radius 3 is 2.88 bits per heavy atom. The van der Waals surface area contributed by atoms with Gasteiger partial charge in [0.1, 0.15) is 12.4 Å². The highest BCUT2D eigenvalue weighted by Gasteiger charge is 2.14. The highest BCUT2D eigenvalue weighted by atomic mass is 16.6. The van der Waals surface area contributed by atoms with Crippen LogP contribution in [0.3, 0.4) is 0 Å². The van der Waals surface area contributed by atoms with Crippen molar-refractivity contribution in [1.82, 2.24) is 4.98 Å². The van der Waals surface area contributed by atoms with Crippen molar-refractivity contribution in [2.75, 3.05) is 18.6 Å². The molecule has 0 unspecified atom stereocenters. The predicted molar refractivity (Wildman–Crippen MR) is 61.1 cm³/mol. The van der Waals surface area contributed by atoms with Gasteiger partial charge in [-0.05, 0) is 12.1 Å². The number of carboxylic acids is 1. The number of aromatic carboxylic acids is 1. The highest BCUT2D eigenvalue weighted by molar-refractivity contribution is 5.88. The molecule has 1 rings (SSSR count). The Balaban J connectivity index is 2.84. The molecule has 1 amide bonds. The second-order valence-electron chi connectivity index (χ2n) is 3.11. The standard InChI is InChI=1S/C11H12N2O4/c1-3-7-17-11(16)13(2)9-6-4-5-8(12-9)10(14)15/h3-6H,1,7H2,2H3,(H,14,15). The third-order valence-electron chi connectivity index (χ3n) is 1.90. The summed E-state index contributed by atoms with van der Waals surface area (Å²) in [6.07, 6.45) is 0.812. The molecule has 6 nitrogen and oxygen atoms in total. The number of aromatic nitrogens is 1. The van der Waals surface area contributed by atoms with Crippen molar-refractivity contribution in [1.29, 1.82) is 0 Å². The van der Waals surface area contributed by atoms with Crippen LogP contribution in [0.1, 0.15) is 10.5 Å². The van der Waals surface area contributed by atoms with Crippen LogP contribution in [0.5, 0.6) is 0 Å². The number of anilines is 1. The Morgan fingerprint density at radius 1 is 1.59 bits per heavy atom. The Bertz CT molecular complexity index is 445. The first-order valence-electron chi connectivity index (χ1n) is 4.78. The smallest absolute Gasteiger partial charge is 0.415 e. The lowest BCUT2D eigenvalue weighted by molar-refractivity contribution is 0.0690. The van der Waals surface area contributed by atoms with E-state index in [4.69, 9.17) is 9.84 Å². The van der Waals surface area contributed by atoms with Gasteiger partial charge in [0, 0.05) is 7.05 Å². The molecule has 1 N–H and O–H groups in total. The van der Waals surface area contributed by atoms with E-state index in [1.54, 1.807) is 0 Å². The van der Waals surface area contributed by atoms with Crippen LogP contribution in [0.15, 0.2) is 30.9 Å². The lowest BCUT2D eigenvalue weighted by atomic mass is 10.3. The summed E-state index contributed by atoms with van der Waals surface area (Å²) in [5.41, 5.74) is -0.133. The van der Waals surface area contributed by atoms with Gasteiger partial charge in [-0.2, -0.15) is 0 Å². The number of carboxylic acid groups (broad SMARTS) is 1. The normalized spacial score (nSPS) is 9.47. The molecule has 1 heterocycles. The molecule has 0 bridgehead atoms. The number of ether oxygens (including phenoxy) is 1. The molecule has 90 valence electrons. The second-order valence-corrected chi connectivity index (χ2v) is 3.11. The number of hydrogen-bond donors (Lipinski definition) is 1. The van der Waals surface area contributed by atoms with Crippen molar-refractivity contribution in [3.05, 3.63) is 36.5 Å². The van der Waals surface area contributed by atoms with Gasteiger partial charge in [-0.1, -0.05) is 18.7 Å². The fraction of sp³-hybridized carbons (Fsp3) is 0.182. The van der Waals surface area contributed by atoms with E-state index in [0.717, 1.165) is 4.90 Å². The number of amides is 1. The van der Waals surface area contributed by atoms with Crippen LogP contribution in [-0.2, 0) is 4.74 Å². The number of hydrogen-bond acceptors (Lipinski definition) is 4. The first kappa shape index (κ1) is 12.7. The maximum Gasteiger partial charge on any atom is 0.415 e. The second kappa shape index (κ2) is 5.64. The van der Waals surface area contributed by atoms with Crippen molar-refractivity contribution < 1.29 is 19.4 Å². The number of pyridine rings is 1. The molecule has 0 radical (unpaired) electrons. The molecular weight excluding hydrogens is 224 g/mol. The lowest BCUT2D eigenvalue weighted by Gasteiger charge is -2.15. The van der Waals surface area contributed by atoms with Gasteiger partial charge in [-0.15, -0.1) is 0 Å². The minimum atomic E-state index is -1.15. The minimum absolute atomic E-state index is 0.0851. The van der Waals surface area contributed by atoms with Gasteiger partial charge < -0.3 is 9.84 Å². The summed E-state index contributed by atoms with van der Waals surface area (Å²) in [4.78, 5) is 27.1. The van der Waals surface area contributed by atoms with Crippen LogP contribution in [0, 0.1) is 0 Å². The zero-order valence-electron chi connectivity index (χ0n) is 9.29. The lowest BCUT2D eigenvalue weighted by Crippen LogP contribution is -2.28. The maximum atomic E-state index is 11.5. The number of rotatable bonds is 4. The average molecular weight is 236 g/mol. The summed E-state index contributed by atoms with van der Waals surface area (Å²) < 4.78 is 4.79. The van der Waals surface area contributed by atoms with Gasteiger partial charge in [0.25, 0.3) is 0 Å². The Morgan fingerprint density at radius 2 is 2.29 bits per heavy atom. The molecule has 0 aromatic carbocycles. The van der Waals surface area contributed by atoms with Crippen molar-refractivity contribution in [3.8, 4) is 0 Å². The van der Waals surface area contributed by atoms with Crippen LogP contribution in [-0.4, -0.2) is 35.8 Å². The molecule has 6 heteroatoms. The SMILES string of the molecule is C=CCOC(=O)N(C)c1cccc(C(=O)O)n1. The Kier molecular flexibility index (Phi) is 4.21. The topological polar surface area (TPSA) is 79.7 Å². The van der Waals surface area contributed by atoms with Gasteiger partial charge in [0.2, 0.25) is 0 Å². The first-order valence-corrected chi connectivity index (χ1v) is 4.78. The molecule has 17 heavy (non-hydrogen) atoms. The maximum absolute atomic E-state index is 11.5. The molecule has 0 saturated heterocycles. The summed E-state index contributed by atoms with van der Waals surface area (Å²) in [6, 6.07) is 4.36. The number of carbonyl (C=O) groups is 2. The van der Waals surface area contributed by atoms with Gasteiger partial charge in [-0.25, -0.2) is 14.6 Å². The molecule has 0 fully saturated rings. The summed E-state index contributed by atoms with van der Waals surface area (Å²) in [6.45, 7) is 3.50. The molecule has 1 aromatic rings. The fourth-order valence-electron chi connectivity index (χ4n) is 1.05. The zero-order valence-corrected chi connectivity index (χ0v) is 9.29. The van der Waals surface area contributed by atoms with Crippen LogP contribution in [0.2, 0.25) is 0 Å². The monoisotopic (exact) mass is 236 g/mol. The van der Waals surface area contributed by atoms with E-state index in [1.165, 1.54) is 31.3 Å². The van der Waals surface area contributed by atoms with Gasteiger partial charge in [0.05, 0.1) is 0 Å². The van der Waals surface area contributed by atoms with Crippen LogP contribution in [0.25, 0.3) is 0 Å². The van der Waals surface area contributed by atoms with Crippen molar-refractivity contribution in [3.63, 3.8) is 0 Å². The van der Waals surface area contributed by atoms with E-state index in [1.807, 2.05) is 0 Å². The molecule has 0 aliphatic carbocycles. The number of carbonyl (C=O) groups excluding carboxylic acids is 1. The van der Waals surface area contributed by atoms with Crippen LogP contribution in [0.4, 0.5) is 10.6 Å². The van der Waals surface area contributed by atoms with Crippen LogP contribution >= 0.6 is 0 Å². The van der Waals surface area contributed by atoms with E-state index in [0.29, 0.717) is 0 Å². The molecular formula is C11H12N2O4. The fourth-order valence-corrected chi connectivity index (χ4v) is 1.05. The third-order valence-corrected chi connectivity index (χ3v) is 1.90. The highest BCUT2D eigenvalue weighted by Crippen LogP contribution is 2.10. The van der Waals surface area contributed by atoms with Gasteiger partial charge in [-0.3, -0.25) is 4.90 Å². The van der Waals surface area contributed by atoms with Crippen LogP contribution < -0.4 is 4.90 Å². The van der Waals surface area contributed by atoms with E-state index < -0.39 is 12.1 Å². The summed E-state index contributed by atoms with van der Waals surface area (Å²) in [7, 11) is 1.44. The average Bonchev–Trinajstić information content (AvgIpc) is 2.35. The van der Waals surface area contributed by atoms with Crippen molar-refractivity contribution in [2.24, 2.45) is 0 Å². The Hall–Kier alpha value is -2.37. The molecule has 0 spiro atoms. The van der Waals surface area contributed by atoms with E-state index >= 15 is 0 Å². The molecule has 1 aromatic heterocycles. The van der Waals surface area contributed by atoms with E-state index in [9.17, 15) is 9.59 Å². The molecule has 0 saturated carbocycles. The predicted octanol–water partition coefficient (Wildman–Crippen LogP) is 1.54. The summed E-state index contributed by atoms with van der Waals surface area (Å²) in [5, 5.41) is 8.76. The molecule has 0 aliphatic heterocycles. The summed E-state index contributed by atoms with van der Waals surface area (Å²) >= 11 is 0. The molecule has 0 aliphatic rings. The van der Waals surface area contributed by atoms with E-state index in [2.05, 4.69) is 11.6 Å². The summed E-state index contributed by atoms with van der Waals surface area (Å²) in [5.74, 6) is -0.946. The van der Waals surface area contributed by atoms with E-state index in [-0.39, 0.29) is 18.1 Å². The minimum Gasteiger partial charge on any atom is -0.477 e. The van der Waals surface area contributed by atoms with Gasteiger partial charge >= 0.3 is 12.1 Å². The quantitative estimate of drug-likeness (QED) is 0.802.